The lowest BCUT2D eigenvalue weighted by Crippen LogP contribution is -2.35. The third kappa shape index (κ3) is 4.02. The number of hydrogen-bond acceptors (Lipinski definition) is 3. The van der Waals surface area contributed by atoms with Crippen LogP contribution in [0.15, 0.2) is 42.5 Å². The Morgan fingerprint density at radius 3 is 2.69 bits per heavy atom. The van der Waals surface area contributed by atoms with Gasteiger partial charge in [0.15, 0.2) is 0 Å². The van der Waals surface area contributed by atoms with Crippen LogP contribution in [0.5, 0.6) is 0 Å². The highest BCUT2D eigenvalue weighted by molar-refractivity contribution is 7.92. The molecule has 1 aliphatic heterocycles. The highest BCUT2D eigenvalue weighted by Crippen LogP contribution is 2.30. The van der Waals surface area contributed by atoms with Gasteiger partial charge in [0.1, 0.15) is 0 Å². The molecule has 5 nitrogen and oxygen atoms in total. The van der Waals surface area contributed by atoms with Gasteiger partial charge >= 0.3 is 0 Å². The van der Waals surface area contributed by atoms with Gasteiger partial charge < -0.3 is 4.90 Å². The summed E-state index contributed by atoms with van der Waals surface area (Å²) in [5, 5.41) is 0.637. The van der Waals surface area contributed by atoms with Crippen molar-refractivity contribution >= 4 is 33.2 Å². The number of fused-ring (bicyclic) bond motifs is 1. The van der Waals surface area contributed by atoms with E-state index in [1.807, 2.05) is 24.3 Å². The number of halogens is 1. The smallest absolute Gasteiger partial charge is 0.253 e. The van der Waals surface area contributed by atoms with Crippen LogP contribution in [0, 0.1) is 0 Å². The van der Waals surface area contributed by atoms with Gasteiger partial charge in [-0.25, -0.2) is 8.42 Å². The highest BCUT2D eigenvalue weighted by atomic mass is 35.5. The molecule has 2 aromatic carbocycles. The van der Waals surface area contributed by atoms with Crippen molar-refractivity contribution < 1.29 is 13.2 Å². The molecule has 26 heavy (non-hydrogen) atoms. The van der Waals surface area contributed by atoms with Crippen LogP contribution >= 0.6 is 11.6 Å². The molecule has 0 spiro atoms. The number of nitrogens with zero attached hydrogens (tertiary/aromatic N) is 2. The van der Waals surface area contributed by atoms with Crippen molar-refractivity contribution in [2.24, 2.45) is 0 Å². The number of aryl methyl sites for hydroxylation is 1. The summed E-state index contributed by atoms with van der Waals surface area (Å²) in [5.41, 5.74) is 3.08. The molecule has 0 aromatic heterocycles. The predicted octanol–water partition coefficient (Wildman–Crippen LogP) is 3.32. The molecule has 1 heterocycles. The van der Waals surface area contributed by atoms with Gasteiger partial charge in [-0.3, -0.25) is 9.10 Å². The second-order valence-corrected chi connectivity index (χ2v) is 8.92. The summed E-state index contributed by atoms with van der Waals surface area (Å²) in [4.78, 5) is 14.4. The van der Waals surface area contributed by atoms with Gasteiger partial charge in [-0.2, -0.15) is 0 Å². The fraction of sp³-hybridized carbons (Fsp3) is 0.316. The molecule has 0 saturated heterocycles. The van der Waals surface area contributed by atoms with E-state index in [1.165, 1.54) is 10.6 Å². The summed E-state index contributed by atoms with van der Waals surface area (Å²) in [6.45, 7) is 0.930. The van der Waals surface area contributed by atoms with E-state index in [9.17, 15) is 13.2 Å². The van der Waals surface area contributed by atoms with Gasteiger partial charge in [0.25, 0.3) is 5.91 Å². The minimum Gasteiger partial charge on any atom is -0.337 e. The third-order valence-corrected chi connectivity index (χ3v) is 5.87. The molecule has 0 radical (unpaired) electrons. The zero-order valence-corrected chi connectivity index (χ0v) is 16.3. The van der Waals surface area contributed by atoms with Crippen molar-refractivity contribution in [3.8, 4) is 0 Å². The van der Waals surface area contributed by atoms with Crippen molar-refractivity contribution in [2.45, 2.75) is 19.4 Å². The summed E-state index contributed by atoms with van der Waals surface area (Å²) in [6, 6.07) is 12.6. The Balaban J connectivity index is 1.82. The molecule has 1 amide bonds. The maximum Gasteiger partial charge on any atom is 0.253 e. The first-order chi connectivity index (χ1) is 12.3. The van der Waals surface area contributed by atoms with Gasteiger partial charge in [-0.1, -0.05) is 23.7 Å². The van der Waals surface area contributed by atoms with Gasteiger partial charge in [0, 0.05) is 30.7 Å². The molecule has 2 aromatic rings. The predicted molar refractivity (Wildman–Crippen MR) is 104 cm³/mol. The standard InChI is InChI=1S/C19H21ClN2O3S/c1-21(13-14-5-3-7-17(20)11-14)19(23)16-8-9-18-15(12-16)6-4-10-22(18)26(2,24)25/h3,5,7-9,11-12H,4,6,10,13H2,1-2H3. The number of hydrogen-bond donors (Lipinski definition) is 0. The van der Waals surface area contributed by atoms with Crippen LogP contribution in [-0.2, 0) is 23.0 Å². The quantitative estimate of drug-likeness (QED) is 0.801. The molecule has 7 heteroatoms. The van der Waals surface area contributed by atoms with Crippen molar-refractivity contribution in [3.05, 3.63) is 64.2 Å². The van der Waals surface area contributed by atoms with Crippen LogP contribution < -0.4 is 4.31 Å². The van der Waals surface area contributed by atoms with Crippen LogP contribution in [0.1, 0.15) is 27.9 Å². The zero-order chi connectivity index (χ0) is 18.9. The number of rotatable bonds is 4. The first-order valence-corrected chi connectivity index (χ1v) is 10.6. The Morgan fingerprint density at radius 1 is 1.23 bits per heavy atom. The zero-order valence-electron chi connectivity index (χ0n) is 14.8. The van der Waals surface area contributed by atoms with E-state index in [0.29, 0.717) is 29.4 Å². The molecular weight excluding hydrogens is 372 g/mol. The number of carbonyl (C=O) groups is 1. The largest absolute Gasteiger partial charge is 0.337 e. The van der Waals surface area contributed by atoms with Crippen LogP contribution in [0.4, 0.5) is 5.69 Å². The molecule has 138 valence electrons. The third-order valence-electron chi connectivity index (χ3n) is 4.46. The molecular formula is C19H21ClN2O3S. The van der Waals surface area contributed by atoms with Crippen LogP contribution in [0.2, 0.25) is 5.02 Å². The average molecular weight is 393 g/mol. The molecule has 0 bridgehead atoms. The summed E-state index contributed by atoms with van der Waals surface area (Å²) >= 11 is 6.00. The lowest BCUT2D eigenvalue weighted by molar-refractivity contribution is 0.0785. The SMILES string of the molecule is CN(Cc1cccc(Cl)c1)C(=O)c1ccc2c(c1)CCCN2S(C)(=O)=O. The van der Waals surface area contributed by atoms with Gasteiger partial charge in [-0.15, -0.1) is 0 Å². The number of anilines is 1. The molecule has 0 aliphatic carbocycles. The van der Waals surface area contributed by atoms with Crippen molar-refractivity contribution in [3.63, 3.8) is 0 Å². The molecule has 0 saturated carbocycles. The Morgan fingerprint density at radius 2 is 2.00 bits per heavy atom. The maximum absolute atomic E-state index is 12.8. The van der Waals surface area contributed by atoms with Crippen LogP contribution in [0.3, 0.4) is 0 Å². The van der Waals surface area contributed by atoms with Gasteiger partial charge in [0.2, 0.25) is 10.0 Å². The topological polar surface area (TPSA) is 57.7 Å². The molecule has 0 N–H and O–H groups in total. The molecule has 0 atom stereocenters. The monoisotopic (exact) mass is 392 g/mol. The van der Waals surface area contributed by atoms with E-state index in [1.54, 1.807) is 30.1 Å². The second kappa shape index (κ2) is 7.29. The van der Waals surface area contributed by atoms with E-state index < -0.39 is 10.0 Å². The summed E-state index contributed by atoms with van der Waals surface area (Å²) in [6.07, 6.45) is 2.72. The Hall–Kier alpha value is -2.05. The summed E-state index contributed by atoms with van der Waals surface area (Å²) in [5.74, 6) is -0.107. The van der Waals surface area contributed by atoms with Crippen molar-refractivity contribution in [2.75, 3.05) is 24.2 Å². The highest BCUT2D eigenvalue weighted by Gasteiger charge is 2.25. The van der Waals surface area contributed by atoms with E-state index >= 15 is 0 Å². The Kier molecular flexibility index (Phi) is 5.25. The average Bonchev–Trinajstić information content (AvgIpc) is 2.59. The van der Waals surface area contributed by atoms with Crippen molar-refractivity contribution in [1.82, 2.24) is 4.90 Å². The lowest BCUT2D eigenvalue weighted by Gasteiger charge is -2.29. The number of amides is 1. The van der Waals surface area contributed by atoms with E-state index in [0.717, 1.165) is 24.0 Å². The minimum absolute atomic E-state index is 0.107. The van der Waals surface area contributed by atoms with E-state index in [4.69, 9.17) is 11.6 Å². The fourth-order valence-corrected chi connectivity index (χ4v) is 4.45. The van der Waals surface area contributed by atoms with E-state index in [2.05, 4.69) is 0 Å². The summed E-state index contributed by atoms with van der Waals surface area (Å²) in [7, 11) is -1.57. The first kappa shape index (κ1) is 18.7. The Bertz CT molecular complexity index is 944. The number of carbonyl (C=O) groups excluding carboxylic acids is 1. The van der Waals surface area contributed by atoms with E-state index in [-0.39, 0.29) is 5.91 Å². The normalized spacial score (nSPS) is 14.0. The van der Waals surface area contributed by atoms with Crippen LogP contribution in [0.25, 0.3) is 0 Å². The van der Waals surface area contributed by atoms with Crippen LogP contribution in [-0.4, -0.2) is 39.1 Å². The van der Waals surface area contributed by atoms with Crippen molar-refractivity contribution in [1.29, 1.82) is 0 Å². The summed E-state index contributed by atoms with van der Waals surface area (Å²) < 4.78 is 25.3. The molecule has 0 unspecified atom stereocenters. The molecule has 0 fully saturated rings. The van der Waals surface area contributed by atoms with Gasteiger partial charge in [-0.05, 0) is 54.3 Å². The fourth-order valence-electron chi connectivity index (χ4n) is 3.24. The second-order valence-electron chi connectivity index (χ2n) is 6.57. The number of sulfonamides is 1. The minimum atomic E-state index is -3.31. The Labute approximate surface area is 159 Å². The molecule has 3 rings (SSSR count). The first-order valence-electron chi connectivity index (χ1n) is 8.36. The lowest BCUT2D eigenvalue weighted by atomic mass is 10.00. The van der Waals surface area contributed by atoms with Gasteiger partial charge in [0.05, 0.1) is 11.9 Å². The number of benzene rings is 2. The molecule has 1 aliphatic rings. The maximum atomic E-state index is 12.8.